The molecule has 0 saturated heterocycles. The number of hydrogen-bond donors (Lipinski definition) is 2. The normalized spacial score (nSPS) is 9.90. The molecule has 2 rings (SSSR count). The van der Waals surface area contributed by atoms with Gasteiger partial charge in [0.2, 0.25) is 0 Å². The zero-order chi connectivity index (χ0) is 14.5. The van der Waals surface area contributed by atoms with E-state index in [-0.39, 0.29) is 18.7 Å². The van der Waals surface area contributed by atoms with Gasteiger partial charge in [-0.15, -0.1) is 0 Å². The maximum atomic E-state index is 13.2. The van der Waals surface area contributed by atoms with Crippen LogP contribution in [0.25, 0.3) is 0 Å². The largest absolute Gasteiger partial charge is 0.384 e. The minimum atomic E-state index is -0.468. The molecule has 0 bridgehead atoms. The minimum absolute atomic E-state index is 0.0602. The Morgan fingerprint density at radius 2 is 2.05 bits per heavy atom. The van der Waals surface area contributed by atoms with Gasteiger partial charge >= 0.3 is 0 Å². The fraction of sp³-hybridized carbons (Fsp3) is 0.143. The van der Waals surface area contributed by atoms with E-state index in [1.54, 1.807) is 0 Å². The third kappa shape index (κ3) is 3.22. The molecule has 5 nitrogen and oxygen atoms in total. The van der Waals surface area contributed by atoms with Crippen molar-refractivity contribution in [2.24, 2.45) is 0 Å². The van der Waals surface area contributed by atoms with E-state index in [4.69, 9.17) is 5.11 Å². The summed E-state index contributed by atoms with van der Waals surface area (Å²) in [6.45, 7) is -0.289. The second-order valence-electron chi connectivity index (χ2n) is 4.00. The van der Waals surface area contributed by atoms with Gasteiger partial charge in [-0.05, 0) is 17.7 Å². The number of hydrogen-bond acceptors (Lipinski definition) is 3. The first-order valence-corrected chi connectivity index (χ1v) is 5.78. The summed E-state index contributed by atoms with van der Waals surface area (Å²) in [6.07, 6.45) is 0. The molecule has 0 radical (unpaired) electrons. The van der Waals surface area contributed by atoms with Gasteiger partial charge in [-0.25, -0.2) is 9.07 Å². The average Bonchev–Trinajstić information content (AvgIpc) is 2.43. The topological polar surface area (TPSA) is 75.1 Å². The molecular weight excluding hydrogens is 263 g/mol. The van der Waals surface area contributed by atoms with Crippen LogP contribution in [0, 0.1) is 17.7 Å². The molecule has 0 aliphatic heterocycles. The maximum absolute atomic E-state index is 13.2. The van der Waals surface area contributed by atoms with Crippen LogP contribution in [0.5, 0.6) is 0 Å². The van der Waals surface area contributed by atoms with Gasteiger partial charge in [0, 0.05) is 17.7 Å². The Morgan fingerprint density at radius 1 is 1.25 bits per heavy atom. The summed E-state index contributed by atoms with van der Waals surface area (Å²) >= 11 is 0. The molecule has 1 heterocycles. The second-order valence-corrected chi connectivity index (χ2v) is 4.00. The van der Waals surface area contributed by atoms with Crippen LogP contribution in [0.2, 0.25) is 0 Å². The Kier molecular flexibility index (Phi) is 4.13. The number of nitrogens with one attached hydrogen (secondary N) is 1. The first-order valence-electron chi connectivity index (χ1n) is 5.78. The van der Waals surface area contributed by atoms with Crippen LogP contribution in [-0.4, -0.2) is 21.5 Å². The smallest absolute Gasteiger partial charge is 0.265 e. The van der Waals surface area contributed by atoms with Crippen LogP contribution in [0.3, 0.4) is 0 Å². The summed E-state index contributed by atoms with van der Waals surface area (Å²) in [5.74, 6) is 4.57. The Morgan fingerprint density at radius 3 is 2.80 bits per heavy atom. The molecule has 0 atom stereocenters. The molecule has 1 aromatic carbocycles. The van der Waals surface area contributed by atoms with Gasteiger partial charge in [0.15, 0.2) is 0 Å². The molecular formula is C14H11FN2O3. The van der Waals surface area contributed by atoms with E-state index in [0.29, 0.717) is 11.1 Å². The highest BCUT2D eigenvalue weighted by atomic mass is 19.1. The summed E-state index contributed by atoms with van der Waals surface area (Å²) < 4.78 is 14.3. The lowest BCUT2D eigenvalue weighted by molar-refractivity contribution is 0.350. The fourth-order valence-electron chi connectivity index (χ4n) is 1.69. The number of rotatable bonds is 2. The van der Waals surface area contributed by atoms with Crippen molar-refractivity contribution in [1.29, 1.82) is 0 Å². The second kappa shape index (κ2) is 5.99. The number of aliphatic hydroxyl groups excluding tert-OH is 1. The van der Waals surface area contributed by atoms with Crippen molar-refractivity contribution in [3.05, 3.63) is 68.0 Å². The quantitative estimate of drug-likeness (QED) is 0.761. The molecule has 1 aromatic heterocycles. The van der Waals surface area contributed by atoms with E-state index >= 15 is 0 Å². The molecule has 2 aromatic rings. The highest BCUT2D eigenvalue weighted by Gasteiger charge is 2.05. The molecule has 2 N–H and O–H groups in total. The van der Waals surface area contributed by atoms with Crippen LogP contribution in [0.15, 0.2) is 39.9 Å². The zero-order valence-corrected chi connectivity index (χ0v) is 10.4. The third-order valence-electron chi connectivity index (χ3n) is 2.59. The SMILES string of the molecule is O=c1ccc(=O)n(Cc2ccc(F)cc2C#CCO)[nH]1. The average molecular weight is 274 g/mol. The van der Waals surface area contributed by atoms with Crippen molar-refractivity contribution < 1.29 is 9.50 Å². The number of halogens is 1. The molecule has 0 fully saturated rings. The summed E-state index contributed by atoms with van der Waals surface area (Å²) in [5, 5.41) is 11.1. The number of aromatic nitrogens is 2. The summed E-state index contributed by atoms with van der Waals surface area (Å²) in [7, 11) is 0. The van der Waals surface area contributed by atoms with Crippen LogP contribution in [0.4, 0.5) is 4.39 Å². The van der Waals surface area contributed by atoms with E-state index in [1.807, 2.05) is 0 Å². The Labute approximate surface area is 113 Å². The number of nitrogens with zero attached hydrogens (tertiary/aromatic N) is 1. The summed E-state index contributed by atoms with van der Waals surface area (Å²) in [5.41, 5.74) is 0.136. The number of H-pyrrole nitrogens is 1. The van der Waals surface area contributed by atoms with Crippen molar-refractivity contribution in [2.45, 2.75) is 6.54 Å². The molecule has 0 amide bonds. The van der Waals surface area contributed by atoms with Crippen LogP contribution in [0.1, 0.15) is 11.1 Å². The Balaban J connectivity index is 2.45. The van der Waals surface area contributed by atoms with Crippen molar-refractivity contribution in [3.8, 4) is 11.8 Å². The fourth-order valence-corrected chi connectivity index (χ4v) is 1.69. The van der Waals surface area contributed by atoms with Gasteiger partial charge in [0.25, 0.3) is 11.1 Å². The lowest BCUT2D eigenvalue weighted by Crippen LogP contribution is -2.28. The maximum Gasteiger partial charge on any atom is 0.265 e. The van der Waals surface area contributed by atoms with E-state index in [1.165, 1.54) is 18.2 Å². The van der Waals surface area contributed by atoms with E-state index in [0.717, 1.165) is 16.8 Å². The van der Waals surface area contributed by atoms with E-state index < -0.39 is 11.4 Å². The van der Waals surface area contributed by atoms with Gasteiger partial charge in [0.05, 0.1) is 6.54 Å². The van der Waals surface area contributed by atoms with Gasteiger partial charge in [-0.3, -0.25) is 14.7 Å². The standard InChI is InChI=1S/C14H11FN2O3/c15-12-4-3-11(10(8-12)2-1-7-18)9-17-14(20)6-5-13(19)16-17/h3-6,8,18H,7,9H2,(H,16,19). The molecule has 0 spiro atoms. The molecule has 0 aliphatic rings. The molecule has 20 heavy (non-hydrogen) atoms. The predicted molar refractivity (Wildman–Crippen MR) is 70.8 cm³/mol. The van der Waals surface area contributed by atoms with Crippen LogP contribution in [-0.2, 0) is 6.54 Å². The predicted octanol–water partition coefficient (Wildman–Crippen LogP) is 0.0678. The molecule has 0 aliphatic carbocycles. The van der Waals surface area contributed by atoms with Crippen LogP contribution >= 0.6 is 0 Å². The lowest BCUT2D eigenvalue weighted by Gasteiger charge is -2.07. The lowest BCUT2D eigenvalue weighted by atomic mass is 10.1. The zero-order valence-electron chi connectivity index (χ0n) is 10.4. The molecule has 6 heteroatoms. The van der Waals surface area contributed by atoms with Gasteiger partial charge in [-0.1, -0.05) is 17.9 Å². The molecule has 0 unspecified atom stereocenters. The molecule has 0 saturated carbocycles. The first-order chi connectivity index (χ1) is 9.60. The molecule has 102 valence electrons. The first kappa shape index (κ1) is 13.8. The van der Waals surface area contributed by atoms with Crippen molar-refractivity contribution >= 4 is 0 Å². The third-order valence-corrected chi connectivity index (χ3v) is 2.59. The summed E-state index contributed by atoms with van der Waals surface area (Å²) in [6, 6.07) is 6.22. The number of aliphatic hydroxyl groups is 1. The highest BCUT2D eigenvalue weighted by Crippen LogP contribution is 2.11. The Hall–Kier alpha value is -2.65. The highest BCUT2D eigenvalue weighted by molar-refractivity contribution is 5.41. The van der Waals surface area contributed by atoms with Crippen molar-refractivity contribution in [2.75, 3.05) is 6.61 Å². The number of benzene rings is 1. The summed E-state index contributed by atoms with van der Waals surface area (Å²) in [4.78, 5) is 22.8. The van der Waals surface area contributed by atoms with Crippen LogP contribution < -0.4 is 11.1 Å². The van der Waals surface area contributed by atoms with Gasteiger partial charge in [-0.2, -0.15) is 0 Å². The van der Waals surface area contributed by atoms with E-state index in [2.05, 4.69) is 16.9 Å². The van der Waals surface area contributed by atoms with Gasteiger partial charge in [0.1, 0.15) is 12.4 Å². The van der Waals surface area contributed by atoms with Gasteiger partial charge < -0.3 is 5.11 Å². The monoisotopic (exact) mass is 274 g/mol. The van der Waals surface area contributed by atoms with Crippen molar-refractivity contribution in [3.63, 3.8) is 0 Å². The van der Waals surface area contributed by atoms with E-state index in [9.17, 15) is 14.0 Å². The minimum Gasteiger partial charge on any atom is -0.384 e. The van der Waals surface area contributed by atoms with Crippen molar-refractivity contribution in [1.82, 2.24) is 9.78 Å². The Bertz CT molecular complexity index is 796. The number of aromatic amines is 1.